The van der Waals surface area contributed by atoms with Crippen molar-refractivity contribution in [2.24, 2.45) is 17.8 Å². The Balaban J connectivity index is 1.66. The minimum Gasteiger partial charge on any atom is -0.497 e. The van der Waals surface area contributed by atoms with E-state index in [1.54, 1.807) is 7.11 Å². The molecule has 1 aliphatic carbocycles. The largest absolute Gasteiger partial charge is 0.497 e. The fourth-order valence-corrected chi connectivity index (χ4v) is 4.74. The van der Waals surface area contributed by atoms with Gasteiger partial charge >= 0.3 is 0 Å². The lowest BCUT2D eigenvalue weighted by atomic mass is 9.88. The maximum absolute atomic E-state index is 13.6. The smallest absolute Gasteiger partial charge is 0.227 e. The summed E-state index contributed by atoms with van der Waals surface area (Å²) < 4.78 is 5.46. The van der Waals surface area contributed by atoms with Crippen molar-refractivity contribution in [2.45, 2.75) is 71.5 Å². The highest BCUT2D eigenvalue weighted by Gasteiger charge is 2.39. The number of nitrogens with zero attached hydrogens (tertiary/aromatic N) is 1. The van der Waals surface area contributed by atoms with E-state index in [9.17, 15) is 14.7 Å². The van der Waals surface area contributed by atoms with Gasteiger partial charge in [-0.25, -0.2) is 0 Å². The number of piperidine rings is 1. The third-order valence-electron chi connectivity index (χ3n) is 6.69. The molecule has 184 valence electrons. The normalized spacial score (nSPS) is 21.5. The molecule has 2 fully saturated rings. The van der Waals surface area contributed by atoms with E-state index in [4.69, 9.17) is 4.74 Å². The van der Waals surface area contributed by atoms with Crippen LogP contribution >= 0.6 is 0 Å². The maximum Gasteiger partial charge on any atom is 0.227 e. The molecule has 0 spiro atoms. The summed E-state index contributed by atoms with van der Waals surface area (Å²) in [4.78, 5) is 28.4. The summed E-state index contributed by atoms with van der Waals surface area (Å²) in [5, 5.41) is 15.9. The molecule has 1 heterocycles. The lowest BCUT2D eigenvalue weighted by molar-refractivity contribution is -0.139. The number of carbonyl (C=O) groups is 2. The van der Waals surface area contributed by atoms with Gasteiger partial charge in [0.2, 0.25) is 11.8 Å². The summed E-state index contributed by atoms with van der Waals surface area (Å²) in [6.45, 7) is 7.93. The fourth-order valence-electron chi connectivity index (χ4n) is 4.74. The number of hydrogen-bond donors (Lipinski definition) is 3. The average Bonchev–Trinajstić information content (AvgIpc) is 3.66. The Bertz CT molecular complexity index is 786. The lowest BCUT2D eigenvalue weighted by Crippen LogP contribution is -2.51. The summed E-state index contributed by atoms with van der Waals surface area (Å²) in [5.74, 6) is 0.784. The quantitative estimate of drug-likeness (QED) is 0.473. The van der Waals surface area contributed by atoms with Crippen molar-refractivity contribution < 1.29 is 19.4 Å². The summed E-state index contributed by atoms with van der Waals surface area (Å²) >= 11 is 0. The van der Waals surface area contributed by atoms with Crippen LogP contribution < -0.4 is 15.4 Å². The van der Waals surface area contributed by atoms with Crippen molar-refractivity contribution in [2.75, 3.05) is 26.8 Å². The van der Waals surface area contributed by atoms with Gasteiger partial charge in [0.15, 0.2) is 0 Å². The van der Waals surface area contributed by atoms with Crippen LogP contribution in [0.3, 0.4) is 0 Å². The highest BCUT2D eigenvalue weighted by Crippen LogP contribution is 2.32. The van der Waals surface area contributed by atoms with Gasteiger partial charge < -0.3 is 25.4 Å². The number of hydrogen-bond acceptors (Lipinski definition) is 5. The third-order valence-corrected chi connectivity index (χ3v) is 6.69. The van der Waals surface area contributed by atoms with Crippen LogP contribution in [-0.4, -0.2) is 60.7 Å². The van der Waals surface area contributed by atoms with Crippen molar-refractivity contribution in [3.05, 3.63) is 29.3 Å². The molecule has 0 bridgehead atoms. The van der Waals surface area contributed by atoms with Gasteiger partial charge in [0.1, 0.15) is 5.75 Å². The fraction of sp³-hybridized carbons (Fsp3) is 0.692. The van der Waals surface area contributed by atoms with E-state index in [2.05, 4.69) is 37.5 Å². The van der Waals surface area contributed by atoms with Gasteiger partial charge in [0.05, 0.1) is 31.6 Å². The molecule has 7 heteroatoms. The van der Waals surface area contributed by atoms with E-state index >= 15 is 0 Å². The molecule has 1 aromatic carbocycles. The van der Waals surface area contributed by atoms with Crippen molar-refractivity contribution in [3.8, 4) is 5.75 Å². The van der Waals surface area contributed by atoms with E-state index in [-0.39, 0.29) is 42.3 Å². The van der Waals surface area contributed by atoms with Gasteiger partial charge in [0.25, 0.3) is 0 Å². The number of rotatable bonds is 11. The van der Waals surface area contributed by atoms with Crippen molar-refractivity contribution >= 4 is 11.8 Å². The van der Waals surface area contributed by atoms with Crippen LogP contribution in [0.25, 0.3) is 0 Å². The van der Waals surface area contributed by atoms with E-state index < -0.39 is 0 Å². The van der Waals surface area contributed by atoms with Crippen molar-refractivity contribution in [1.29, 1.82) is 0 Å². The van der Waals surface area contributed by atoms with Crippen LogP contribution in [0, 0.1) is 17.8 Å². The molecular weight excluding hydrogens is 418 g/mol. The molecule has 2 amide bonds. The second kappa shape index (κ2) is 11.8. The molecule has 7 nitrogen and oxygen atoms in total. The molecule has 3 atom stereocenters. The van der Waals surface area contributed by atoms with E-state index in [0.29, 0.717) is 32.0 Å². The number of benzene rings is 1. The first-order valence-corrected chi connectivity index (χ1v) is 12.4. The lowest BCUT2D eigenvalue weighted by Gasteiger charge is -2.33. The maximum atomic E-state index is 13.6. The minimum atomic E-state index is -0.265. The molecule has 1 unspecified atom stereocenters. The first-order chi connectivity index (χ1) is 15.8. The summed E-state index contributed by atoms with van der Waals surface area (Å²) in [7, 11) is 1.67. The highest BCUT2D eigenvalue weighted by molar-refractivity contribution is 5.83. The standard InChI is InChI=1S/C26H41N3O4/c1-5-18-9-19(11-24(10-18)33-4)15-29(23-6-7-23)26(32)21-12-20(13-27-14-21)25(31)28-22(16-30)8-17(2)3/h9-11,17,20-23,27,30H,5-8,12-16H2,1-4H3,(H,28,31)/t20-,21+,22?/m0/s1. The first kappa shape index (κ1) is 25.5. The van der Waals surface area contributed by atoms with Crippen LogP contribution in [0.4, 0.5) is 0 Å². The van der Waals surface area contributed by atoms with E-state index in [1.165, 1.54) is 5.56 Å². The van der Waals surface area contributed by atoms with Crippen LogP contribution in [0.2, 0.25) is 0 Å². The molecule has 1 saturated heterocycles. The Kier molecular flexibility index (Phi) is 9.15. The first-order valence-electron chi connectivity index (χ1n) is 12.4. The van der Waals surface area contributed by atoms with Gasteiger partial charge in [-0.05, 0) is 61.3 Å². The second-order valence-corrected chi connectivity index (χ2v) is 10.0. The Morgan fingerprint density at radius 3 is 2.48 bits per heavy atom. The predicted molar refractivity (Wildman–Crippen MR) is 129 cm³/mol. The Morgan fingerprint density at radius 2 is 1.88 bits per heavy atom. The molecule has 2 aliphatic rings. The van der Waals surface area contributed by atoms with Crippen molar-refractivity contribution in [1.82, 2.24) is 15.5 Å². The third kappa shape index (κ3) is 7.18. The highest BCUT2D eigenvalue weighted by atomic mass is 16.5. The van der Waals surface area contributed by atoms with Gasteiger partial charge in [-0.1, -0.05) is 26.8 Å². The Labute approximate surface area is 198 Å². The number of methoxy groups -OCH3 is 1. The number of aliphatic hydroxyl groups is 1. The summed E-state index contributed by atoms with van der Waals surface area (Å²) in [6, 6.07) is 6.26. The Morgan fingerprint density at radius 1 is 1.18 bits per heavy atom. The van der Waals surface area contributed by atoms with Crippen LogP contribution in [-0.2, 0) is 22.6 Å². The zero-order valence-electron chi connectivity index (χ0n) is 20.6. The monoisotopic (exact) mass is 459 g/mol. The SMILES string of the molecule is CCc1cc(CN(C(=O)[C@H]2CNC[C@@H](C(=O)NC(CO)CC(C)C)C2)C2CC2)cc(OC)c1. The number of amides is 2. The molecule has 1 aromatic rings. The van der Waals surface area contributed by atoms with Crippen molar-refractivity contribution in [3.63, 3.8) is 0 Å². The molecule has 33 heavy (non-hydrogen) atoms. The zero-order chi connectivity index (χ0) is 24.0. The van der Waals surface area contributed by atoms with Gasteiger partial charge in [-0.2, -0.15) is 0 Å². The summed E-state index contributed by atoms with van der Waals surface area (Å²) in [6.07, 6.45) is 4.26. The topological polar surface area (TPSA) is 90.9 Å². The van der Waals surface area contributed by atoms with Gasteiger partial charge in [-0.3, -0.25) is 9.59 Å². The average molecular weight is 460 g/mol. The zero-order valence-corrected chi connectivity index (χ0v) is 20.6. The number of ether oxygens (including phenoxy) is 1. The second-order valence-electron chi connectivity index (χ2n) is 10.0. The predicted octanol–water partition coefficient (Wildman–Crippen LogP) is 2.50. The van der Waals surface area contributed by atoms with Crippen LogP contribution in [0.5, 0.6) is 5.75 Å². The van der Waals surface area contributed by atoms with E-state index in [0.717, 1.165) is 37.0 Å². The summed E-state index contributed by atoms with van der Waals surface area (Å²) in [5.41, 5.74) is 2.28. The molecular formula is C26H41N3O4. The number of aliphatic hydroxyl groups excluding tert-OH is 1. The molecule has 1 saturated carbocycles. The number of aryl methyl sites for hydroxylation is 1. The number of nitrogens with one attached hydrogen (secondary N) is 2. The van der Waals surface area contributed by atoms with E-state index in [1.807, 2.05) is 17.0 Å². The molecule has 0 radical (unpaired) electrons. The molecule has 1 aliphatic heterocycles. The number of carbonyl (C=O) groups excluding carboxylic acids is 2. The Hall–Kier alpha value is -2.12. The van der Waals surface area contributed by atoms with Gasteiger partial charge in [-0.15, -0.1) is 0 Å². The molecule has 3 N–H and O–H groups in total. The molecule has 0 aromatic heterocycles. The van der Waals surface area contributed by atoms with Crippen LogP contribution in [0.15, 0.2) is 18.2 Å². The van der Waals surface area contributed by atoms with Gasteiger partial charge in [0, 0.05) is 25.7 Å². The minimum absolute atomic E-state index is 0.0673. The van der Waals surface area contributed by atoms with Crippen LogP contribution in [0.1, 0.15) is 57.6 Å². The molecule has 3 rings (SSSR count).